The maximum Gasteiger partial charge on any atom is 0.330 e. The predicted molar refractivity (Wildman–Crippen MR) is 72.7 cm³/mol. The number of allylic oxidation sites excluding steroid dienone is 2. The topological polar surface area (TPSA) is 46.5 Å². The highest BCUT2D eigenvalue weighted by atomic mass is 16.5. The fourth-order valence-corrected chi connectivity index (χ4v) is 4.31. The molecular formula is C16H22O3. The second-order valence-electron chi connectivity index (χ2n) is 6.22. The van der Waals surface area contributed by atoms with Gasteiger partial charge in [-0.15, -0.1) is 0 Å². The summed E-state index contributed by atoms with van der Waals surface area (Å²) in [5.74, 6) is 2.36. The third-order valence-corrected chi connectivity index (χ3v) is 5.20. The number of aliphatic carboxylic acids is 1. The van der Waals surface area contributed by atoms with Gasteiger partial charge in [0.05, 0.1) is 6.10 Å². The van der Waals surface area contributed by atoms with Gasteiger partial charge in [0.1, 0.15) is 0 Å². The van der Waals surface area contributed by atoms with Crippen LogP contribution in [0.4, 0.5) is 0 Å². The third-order valence-electron chi connectivity index (χ3n) is 5.20. The van der Waals surface area contributed by atoms with E-state index in [1.165, 1.54) is 19.3 Å². The molecule has 3 rings (SSSR count). The molecule has 3 heteroatoms. The van der Waals surface area contributed by atoms with Crippen molar-refractivity contribution in [2.24, 2.45) is 23.7 Å². The van der Waals surface area contributed by atoms with E-state index in [1.807, 2.05) is 0 Å². The van der Waals surface area contributed by atoms with Crippen LogP contribution in [-0.4, -0.2) is 23.8 Å². The summed E-state index contributed by atoms with van der Waals surface area (Å²) in [4.78, 5) is 10.6. The fourth-order valence-electron chi connectivity index (χ4n) is 4.31. The number of carbonyl (C=O) groups is 1. The van der Waals surface area contributed by atoms with Gasteiger partial charge in [-0.25, -0.2) is 4.79 Å². The lowest BCUT2D eigenvalue weighted by Crippen LogP contribution is -2.30. The summed E-state index contributed by atoms with van der Waals surface area (Å²) >= 11 is 0. The molecule has 0 heterocycles. The van der Waals surface area contributed by atoms with Gasteiger partial charge in [0.15, 0.2) is 0 Å². The van der Waals surface area contributed by atoms with Crippen LogP contribution in [0.15, 0.2) is 24.3 Å². The minimum Gasteiger partial charge on any atom is -0.478 e. The first-order valence-corrected chi connectivity index (χ1v) is 7.36. The van der Waals surface area contributed by atoms with E-state index >= 15 is 0 Å². The molecule has 5 unspecified atom stereocenters. The summed E-state index contributed by atoms with van der Waals surface area (Å²) in [7, 11) is 0. The van der Waals surface area contributed by atoms with E-state index in [9.17, 15) is 4.79 Å². The van der Waals surface area contributed by atoms with Gasteiger partial charge in [-0.3, -0.25) is 0 Å². The van der Waals surface area contributed by atoms with E-state index in [0.29, 0.717) is 19.1 Å². The Kier molecular flexibility index (Phi) is 3.48. The molecule has 0 saturated heterocycles. The number of fused-ring (bicyclic) bond motifs is 5. The van der Waals surface area contributed by atoms with Crippen LogP contribution >= 0.6 is 0 Å². The first-order chi connectivity index (χ1) is 9.16. The molecule has 0 aromatic carbocycles. The Balaban J connectivity index is 1.41. The van der Waals surface area contributed by atoms with Gasteiger partial charge in [-0.1, -0.05) is 18.7 Å². The van der Waals surface area contributed by atoms with Crippen LogP contribution in [0.1, 0.15) is 32.1 Å². The zero-order chi connectivity index (χ0) is 13.4. The van der Waals surface area contributed by atoms with Crippen molar-refractivity contribution in [3.05, 3.63) is 24.3 Å². The second-order valence-corrected chi connectivity index (χ2v) is 6.22. The van der Waals surface area contributed by atoms with E-state index in [1.54, 1.807) is 0 Å². The summed E-state index contributed by atoms with van der Waals surface area (Å²) in [6, 6.07) is 0. The Labute approximate surface area is 114 Å². The SMILES string of the molecule is C=C(CCCOC1CC2CC1C1CC=CC21)C(=O)O. The lowest BCUT2D eigenvalue weighted by Gasteiger charge is -2.31. The normalized spacial score (nSPS) is 38.6. The molecule has 2 saturated carbocycles. The average Bonchev–Trinajstić information content (AvgIpc) is 3.05. The van der Waals surface area contributed by atoms with E-state index in [4.69, 9.17) is 9.84 Å². The Morgan fingerprint density at radius 1 is 1.37 bits per heavy atom. The monoisotopic (exact) mass is 262 g/mol. The van der Waals surface area contributed by atoms with Crippen LogP contribution in [0.2, 0.25) is 0 Å². The lowest BCUT2D eigenvalue weighted by atomic mass is 9.80. The van der Waals surface area contributed by atoms with Gasteiger partial charge >= 0.3 is 5.97 Å². The van der Waals surface area contributed by atoms with E-state index in [2.05, 4.69) is 18.7 Å². The number of hydrogen-bond acceptors (Lipinski definition) is 2. The smallest absolute Gasteiger partial charge is 0.330 e. The Morgan fingerprint density at radius 3 is 3.00 bits per heavy atom. The van der Waals surface area contributed by atoms with Crippen molar-refractivity contribution in [3.8, 4) is 0 Å². The molecule has 3 aliphatic carbocycles. The molecule has 1 N–H and O–H groups in total. The number of hydrogen-bond donors (Lipinski definition) is 1. The van der Waals surface area contributed by atoms with Gasteiger partial charge in [-0.2, -0.15) is 0 Å². The van der Waals surface area contributed by atoms with Crippen molar-refractivity contribution < 1.29 is 14.6 Å². The summed E-state index contributed by atoms with van der Waals surface area (Å²) in [5, 5.41) is 8.73. The van der Waals surface area contributed by atoms with E-state index < -0.39 is 5.97 Å². The number of carboxylic acids is 1. The number of carboxylic acid groups (broad SMARTS) is 1. The maximum atomic E-state index is 10.6. The molecule has 5 atom stereocenters. The first kappa shape index (κ1) is 12.9. The largest absolute Gasteiger partial charge is 0.478 e. The summed E-state index contributed by atoms with van der Waals surface area (Å²) in [5.41, 5.74) is 0.289. The maximum absolute atomic E-state index is 10.6. The minimum absolute atomic E-state index is 0.289. The van der Waals surface area contributed by atoms with Crippen LogP contribution in [-0.2, 0) is 9.53 Å². The van der Waals surface area contributed by atoms with Gasteiger partial charge < -0.3 is 9.84 Å². The van der Waals surface area contributed by atoms with Crippen LogP contribution in [0.3, 0.4) is 0 Å². The summed E-state index contributed by atoms with van der Waals surface area (Å²) in [6.07, 6.45) is 10.3. The summed E-state index contributed by atoms with van der Waals surface area (Å²) in [6.45, 7) is 4.21. The molecule has 3 aliphatic rings. The second kappa shape index (κ2) is 5.12. The van der Waals surface area contributed by atoms with Gasteiger partial charge in [0.2, 0.25) is 0 Å². The van der Waals surface area contributed by atoms with Crippen LogP contribution in [0.25, 0.3) is 0 Å². The molecule has 0 aliphatic heterocycles. The molecule has 19 heavy (non-hydrogen) atoms. The van der Waals surface area contributed by atoms with Crippen LogP contribution < -0.4 is 0 Å². The van der Waals surface area contributed by atoms with Gasteiger partial charge in [-0.05, 0) is 55.8 Å². The highest BCUT2D eigenvalue weighted by molar-refractivity contribution is 5.85. The zero-order valence-corrected chi connectivity index (χ0v) is 11.3. The average molecular weight is 262 g/mol. The fraction of sp³-hybridized carbons (Fsp3) is 0.688. The van der Waals surface area contributed by atoms with Gasteiger partial charge in [0.25, 0.3) is 0 Å². The van der Waals surface area contributed by atoms with E-state index in [-0.39, 0.29) is 5.57 Å². The molecule has 3 nitrogen and oxygen atoms in total. The molecule has 0 aromatic heterocycles. The van der Waals surface area contributed by atoms with E-state index in [0.717, 1.165) is 30.1 Å². The van der Waals surface area contributed by atoms with Crippen LogP contribution in [0, 0.1) is 23.7 Å². The molecule has 0 spiro atoms. The number of ether oxygens (including phenoxy) is 1. The molecule has 0 amide bonds. The van der Waals surface area contributed by atoms with Crippen molar-refractivity contribution in [3.63, 3.8) is 0 Å². The molecule has 2 bridgehead atoms. The van der Waals surface area contributed by atoms with Crippen molar-refractivity contribution >= 4 is 5.97 Å². The van der Waals surface area contributed by atoms with Crippen molar-refractivity contribution in [1.29, 1.82) is 0 Å². The minimum atomic E-state index is -0.889. The molecule has 104 valence electrons. The van der Waals surface area contributed by atoms with Gasteiger partial charge in [0, 0.05) is 12.2 Å². The van der Waals surface area contributed by atoms with Crippen molar-refractivity contribution in [2.45, 2.75) is 38.2 Å². The Morgan fingerprint density at radius 2 is 2.21 bits per heavy atom. The Bertz CT molecular complexity index is 412. The third kappa shape index (κ3) is 2.36. The predicted octanol–water partition coefficient (Wildman–Crippen LogP) is 3.02. The molecular weight excluding hydrogens is 240 g/mol. The number of rotatable bonds is 6. The molecule has 2 fully saturated rings. The highest BCUT2D eigenvalue weighted by Gasteiger charge is 2.52. The Hall–Kier alpha value is -1.09. The zero-order valence-electron chi connectivity index (χ0n) is 11.3. The van der Waals surface area contributed by atoms with Crippen LogP contribution in [0.5, 0.6) is 0 Å². The molecule has 0 radical (unpaired) electrons. The van der Waals surface area contributed by atoms with Crippen molar-refractivity contribution in [2.75, 3.05) is 6.61 Å². The quantitative estimate of drug-likeness (QED) is 0.454. The summed E-state index contributed by atoms with van der Waals surface area (Å²) < 4.78 is 6.01. The lowest BCUT2D eigenvalue weighted by molar-refractivity contribution is -0.132. The standard InChI is InChI=1S/C16H22O3/c1-10(16(17)18)4-3-7-19-15-9-11-8-14(15)13-6-2-5-12(11)13/h2,5,11-15H,1,3-4,6-9H2,(H,17,18). The van der Waals surface area contributed by atoms with Crippen molar-refractivity contribution in [1.82, 2.24) is 0 Å². The highest BCUT2D eigenvalue weighted by Crippen LogP contribution is 2.57. The molecule has 0 aromatic rings. The first-order valence-electron chi connectivity index (χ1n) is 7.36.